The van der Waals surface area contributed by atoms with Crippen LogP contribution in [0.5, 0.6) is 5.75 Å². The van der Waals surface area contributed by atoms with Crippen molar-refractivity contribution in [3.05, 3.63) is 53.1 Å². The molecule has 1 fully saturated rings. The molecule has 1 saturated heterocycles. The Bertz CT molecular complexity index is 1250. The highest BCUT2D eigenvalue weighted by atomic mass is 32.2. The number of ether oxygens (including phenoxy) is 1. The molecule has 0 bridgehead atoms. The predicted octanol–water partition coefficient (Wildman–Crippen LogP) is 3.14. The van der Waals surface area contributed by atoms with E-state index in [2.05, 4.69) is 0 Å². The fourth-order valence-corrected chi connectivity index (χ4v) is 4.02. The molecule has 0 radical (unpaired) electrons. The number of piperazine rings is 1. The number of carbonyl (C=O) groups excluding carboxylic acids is 1. The van der Waals surface area contributed by atoms with Crippen LogP contribution in [0.1, 0.15) is 15.9 Å². The van der Waals surface area contributed by atoms with Gasteiger partial charge >= 0.3 is 6.18 Å². The molecule has 182 valence electrons. The number of anilines is 1. The summed E-state index contributed by atoms with van der Waals surface area (Å²) in [5.41, 5.74) is -0.916. The smallest absolute Gasteiger partial charge is 0.422 e. The Labute approximate surface area is 191 Å². The van der Waals surface area contributed by atoms with E-state index in [1.54, 1.807) is 0 Å². The van der Waals surface area contributed by atoms with Crippen LogP contribution in [-0.2, 0) is 9.84 Å². The third-order valence-corrected chi connectivity index (χ3v) is 6.18. The lowest BCUT2D eigenvalue weighted by molar-refractivity contribution is -0.153. The Morgan fingerprint density at radius 1 is 1.09 bits per heavy atom. The molecule has 0 aromatic heterocycles. The first-order valence-corrected chi connectivity index (χ1v) is 11.7. The van der Waals surface area contributed by atoms with Crippen LogP contribution in [0.15, 0.2) is 35.2 Å². The summed E-state index contributed by atoms with van der Waals surface area (Å²) in [6.07, 6.45) is -3.79. The highest BCUT2D eigenvalue weighted by molar-refractivity contribution is 7.90. The van der Waals surface area contributed by atoms with Crippen molar-refractivity contribution in [2.75, 3.05) is 43.9 Å². The second-order valence-corrected chi connectivity index (χ2v) is 9.52. The molecule has 0 unspecified atom stereocenters. The predicted molar refractivity (Wildman–Crippen MR) is 110 cm³/mol. The van der Waals surface area contributed by atoms with Gasteiger partial charge in [0.2, 0.25) is 0 Å². The molecule has 3 rings (SSSR count). The van der Waals surface area contributed by atoms with Gasteiger partial charge in [-0.25, -0.2) is 17.2 Å². The number of carbonyl (C=O) groups is 1. The van der Waals surface area contributed by atoms with Gasteiger partial charge in [0.25, 0.3) is 5.91 Å². The van der Waals surface area contributed by atoms with Crippen LogP contribution in [0.4, 0.5) is 27.6 Å². The molecular weight excluding hydrogens is 485 g/mol. The van der Waals surface area contributed by atoms with E-state index in [4.69, 9.17) is 10.00 Å². The van der Waals surface area contributed by atoms with Gasteiger partial charge in [-0.1, -0.05) is 0 Å². The van der Waals surface area contributed by atoms with Crippen molar-refractivity contribution in [2.45, 2.75) is 11.1 Å². The van der Waals surface area contributed by atoms with Crippen LogP contribution in [0.2, 0.25) is 0 Å². The molecule has 1 aliphatic rings. The lowest BCUT2D eigenvalue weighted by Gasteiger charge is -2.36. The maximum atomic E-state index is 14.3. The van der Waals surface area contributed by atoms with Gasteiger partial charge in [0.05, 0.1) is 21.7 Å². The topological polar surface area (TPSA) is 90.7 Å². The van der Waals surface area contributed by atoms with Crippen molar-refractivity contribution in [2.24, 2.45) is 0 Å². The Balaban J connectivity index is 1.82. The van der Waals surface area contributed by atoms with E-state index >= 15 is 0 Å². The summed E-state index contributed by atoms with van der Waals surface area (Å²) in [4.78, 5) is 15.5. The number of alkyl halides is 3. The molecule has 0 atom stereocenters. The normalized spacial score (nSPS) is 14.6. The quantitative estimate of drug-likeness (QED) is 0.583. The van der Waals surface area contributed by atoms with E-state index in [-0.39, 0.29) is 42.3 Å². The molecule has 1 heterocycles. The van der Waals surface area contributed by atoms with Crippen LogP contribution in [0, 0.1) is 23.0 Å². The molecule has 13 heteroatoms. The van der Waals surface area contributed by atoms with Crippen LogP contribution in [0.25, 0.3) is 0 Å². The molecule has 1 aliphatic heterocycles. The maximum absolute atomic E-state index is 14.3. The number of nitrogens with zero attached hydrogens (tertiary/aromatic N) is 3. The lowest BCUT2D eigenvalue weighted by atomic mass is 10.1. The van der Waals surface area contributed by atoms with Gasteiger partial charge in [-0.05, 0) is 24.3 Å². The molecule has 7 nitrogen and oxygen atoms in total. The molecule has 0 N–H and O–H groups in total. The Morgan fingerprint density at radius 2 is 1.74 bits per heavy atom. The SMILES string of the molecule is CS(=O)(=O)c1ccc(OCC(F)(F)F)c(C(=O)N2CCN(c3cc(F)c(C#N)cc3F)CC2)c1. The van der Waals surface area contributed by atoms with Crippen molar-refractivity contribution < 1.29 is 39.9 Å². The minimum atomic E-state index is -4.68. The van der Waals surface area contributed by atoms with Crippen LogP contribution >= 0.6 is 0 Å². The van der Waals surface area contributed by atoms with E-state index < -0.39 is 51.5 Å². The number of nitriles is 1. The van der Waals surface area contributed by atoms with E-state index in [0.29, 0.717) is 0 Å². The highest BCUT2D eigenvalue weighted by Crippen LogP contribution is 2.28. The number of hydrogen-bond donors (Lipinski definition) is 0. The highest BCUT2D eigenvalue weighted by Gasteiger charge is 2.31. The number of sulfone groups is 1. The number of rotatable bonds is 5. The maximum Gasteiger partial charge on any atom is 0.422 e. The van der Waals surface area contributed by atoms with Gasteiger partial charge in [-0.3, -0.25) is 4.79 Å². The summed E-state index contributed by atoms with van der Waals surface area (Å²) in [7, 11) is -3.77. The Hall–Kier alpha value is -3.40. The molecule has 0 spiro atoms. The number of halogens is 5. The van der Waals surface area contributed by atoms with Gasteiger partial charge in [-0.15, -0.1) is 0 Å². The Morgan fingerprint density at radius 3 is 2.29 bits per heavy atom. The minimum absolute atomic E-state index is 0.0122. The van der Waals surface area contributed by atoms with Crippen molar-refractivity contribution in [1.82, 2.24) is 4.90 Å². The number of benzene rings is 2. The van der Waals surface area contributed by atoms with Crippen LogP contribution in [0.3, 0.4) is 0 Å². The first-order valence-electron chi connectivity index (χ1n) is 9.77. The Kier molecular flexibility index (Phi) is 7.02. The second kappa shape index (κ2) is 9.46. The first-order chi connectivity index (χ1) is 15.8. The summed E-state index contributed by atoms with van der Waals surface area (Å²) in [6.45, 7) is -1.59. The average molecular weight is 503 g/mol. The molecular formula is C21H18F5N3O4S. The first kappa shape index (κ1) is 25.2. The monoisotopic (exact) mass is 503 g/mol. The zero-order chi connectivity index (χ0) is 25.3. The van der Waals surface area contributed by atoms with E-state index in [9.17, 15) is 35.2 Å². The van der Waals surface area contributed by atoms with Gasteiger partial charge in [0.15, 0.2) is 16.4 Å². The summed E-state index contributed by atoms with van der Waals surface area (Å²) < 4.78 is 94.6. The summed E-state index contributed by atoms with van der Waals surface area (Å²) >= 11 is 0. The second-order valence-electron chi connectivity index (χ2n) is 7.51. The zero-order valence-corrected chi connectivity index (χ0v) is 18.5. The zero-order valence-electron chi connectivity index (χ0n) is 17.7. The van der Waals surface area contributed by atoms with Gasteiger partial charge in [0.1, 0.15) is 23.5 Å². The third kappa shape index (κ3) is 5.74. The molecule has 2 aromatic rings. The van der Waals surface area contributed by atoms with Crippen molar-refractivity contribution >= 4 is 21.4 Å². The molecule has 0 saturated carbocycles. The van der Waals surface area contributed by atoms with Crippen molar-refractivity contribution in [1.29, 1.82) is 5.26 Å². The van der Waals surface area contributed by atoms with Gasteiger partial charge < -0.3 is 14.5 Å². The number of amides is 1. The molecule has 34 heavy (non-hydrogen) atoms. The van der Waals surface area contributed by atoms with Crippen molar-refractivity contribution in [3.8, 4) is 11.8 Å². The van der Waals surface area contributed by atoms with Gasteiger partial charge in [-0.2, -0.15) is 18.4 Å². The lowest BCUT2D eigenvalue weighted by Crippen LogP contribution is -2.49. The largest absolute Gasteiger partial charge is 0.483 e. The fraction of sp³-hybridized carbons (Fsp3) is 0.333. The molecule has 1 amide bonds. The molecule has 2 aromatic carbocycles. The fourth-order valence-electron chi connectivity index (χ4n) is 3.38. The summed E-state index contributed by atoms with van der Waals surface area (Å²) in [5, 5.41) is 8.80. The standard InChI is InChI=1S/C21H18F5N3O4S/c1-34(31,32)14-2-3-19(33-12-21(24,25)26)15(9-14)20(30)29-6-4-28(5-7-29)18-10-16(22)13(11-27)8-17(18)23/h2-3,8-10H,4-7,12H2,1H3. The van der Waals surface area contributed by atoms with E-state index in [1.807, 2.05) is 0 Å². The third-order valence-electron chi connectivity index (χ3n) is 5.07. The van der Waals surface area contributed by atoms with Crippen LogP contribution in [-0.4, -0.2) is 64.4 Å². The summed E-state index contributed by atoms with van der Waals surface area (Å²) in [6, 6.07) is 6.16. The number of hydrogen-bond acceptors (Lipinski definition) is 6. The van der Waals surface area contributed by atoms with Crippen molar-refractivity contribution in [3.63, 3.8) is 0 Å². The van der Waals surface area contributed by atoms with Gasteiger partial charge in [0, 0.05) is 38.5 Å². The van der Waals surface area contributed by atoms with Crippen LogP contribution < -0.4 is 9.64 Å². The average Bonchev–Trinajstić information content (AvgIpc) is 2.77. The van der Waals surface area contributed by atoms with E-state index in [0.717, 1.165) is 36.6 Å². The molecule has 0 aliphatic carbocycles. The van der Waals surface area contributed by atoms with E-state index in [1.165, 1.54) is 15.9 Å². The summed E-state index contributed by atoms with van der Waals surface area (Å²) in [5.74, 6) is -2.92. The minimum Gasteiger partial charge on any atom is -0.483 e.